The third-order valence-corrected chi connectivity index (χ3v) is 4.68. The zero-order valence-electron chi connectivity index (χ0n) is 14.1. The second-order valence-electron chi connectivity index (χ2n) is 5.67. The second-order valence-corrected chi connectivity index (χ2v) is 6.57. The molecule has 132 valence electrons. The molecule has 0 saturated heterocycles. The summed E-state index contributed by atoms with van der Waals surface area (Å²) in [6, 6.07) is 19.1. The SMILES string of the molecule is O=C(Nc1ccc(-c2nccs2)cc1)c1ccc(=O)n(-c2ccccc2)n1. The van der Waals surface area contributed by atoms with Gasteiger partial charge in [0.1, 0.15) is 10.7 Å². The fourth-order valence-corrected chi connectivity index (χ4v) is 3.19. The summed E-state index contributed by atoms with van der Waals surface area (Å²) in [5.74, 6) is -0.387. The molecular weight excluding hydrogens is 360 g/mol. The van der Waals surface area contributed by atoms with Crippen LogP contribution in [0.15, 0.2) is 83.1 Å². The average Bonchev–Trinajstić information content (AvgIpc) is 3.24. The molecule has 4 rings (SSSR count). The maximum atomic E-state index is 12.5. The van der Waals surface area contributed by atoms with Gasteiger partial charge in [0, 0.05) is 28.9 Å². The topological polar surface area (TPSA) is 76.9 Å². The Hall–Kier alpha value is -3.58. The zero-order chi connectivity index (χ0) is 18.6. The smallest absolute Gasteiger partial charge is 0.276 e. The first-order chi connectivity index (χ1) is 13.2. The standard InChI is InChI=1S/C20H14N4O2S/c25-18-11-10-17(23-24(18)16-4-2-1-3-5-16)19(26)22-15-8-6-14(7-9-15)20-21-12-13-27-20/h1-13H,(H,22,26). The Morgan fingerprint density at radius 3 is 2.44 bits per heavy atom. The molecule has 7 heteroatoms. The Morgan fingerprint density at radius 2 is 1.74 bits per heavy atom. The second kappa shape index (κ2) is 7.35. The number of carbonyl (C=O) groups excluding carboxylic acids is 1. The van der Waals surface area contributed by atoms with Crippen molar-refractivity contribution in [3.05, 3.63) is 94.4 Å². The van der Waals surface area contributed by atoms with E-state index in [1.165, 1.54) is 16.8 Å². The van der Waals surface area contributed by atoms with Gasteiger partial charge in [-0.05, 0) is 42.5 Å². The van der Waals surface area contributed by atoms with Crippen LogP contribution in [0.4, 0.5) is 5.69 Å². The summed E-state index contributed by atoms with van der Waals surface area (Å²) in [6.45, 7) is 0. The maximum absolute atomic E-state index is 12.5. The largest absolute Gasteiger partial charge is 0.321 e. The van der Waals surface area contributed by atoms with Crippen LogP contribution in [0.5, 0.6) is 0 Å². The van der Waals surface area contributed by atoms with Crippen LogP contribution in [0.1, 0.15) is 10.5 Å². The van der Waals surface area contributed by atoms with Crippen molar-refractivity contribution in [2.75, 3.05) is 5.32 Å². The van der Waals surface area contributed by atoms with Gasteiger partial charge >= 0.3 is 0 Å². The van der Waals surface area contributed by atoms with Crippen LogP contribution in [0, 0.1) is 0 Å². The number of nitrogens with one attached hydrogen (secondary N) is 1. The van der Waals surface area contributed by atoms with Crippen molar-refractivity contribution in [1.82, 2.24) is 14.8 Å². The van der Waals surface area contributed by atoms with Gasteiger partial charge in [-0.15, -0.1) is 11.3 Å². The minimum absolute atomic E-state index is 0.155. The molecule has 2 aromatic carbocycles. The number of benzene rings is 2. The lowest BCUT2D eigenvalue weighted by Gasteiger charge is -2.08. The van der Waals surface area contributed by atoms with Crippen molar-refractivity contribution in [2.24, 2.45) is 0 Å². The number of hydrogen-bond donors (Lipinski definition) is 1. The normalized spacial score (nSPS) is 10.5. The summed E-state index contributed by atoms with van der Waals surface area (Å²) in [6.07, 6.45) is 1.75. The van der Waals surface area contributed by atoms with Crippen LogP contribution in [-0.4, -0.2) is 20.7 Å². The highest BCUT2D eigenvalue weighted by Gasteiger charge is 2.11. The molecule has 0 aliphatic heterocycles. The summed E-state index contributed by atoms with van der Waals surface area (Å²) in [4.78, 5) is 28.9. The number of thiazole rings is 1. The number of hydrogen-bond acceptors (Lipinski definition) is 5. The fourth-order valence-electron chi connectivity index (χ4n) is 2.54. The van der Waals surface area contributed by atoms with E-state index in [0.717, 1.165) is 10.6 Å². The molecule has 0 saturated carbocycles. The van der Waals surface area contributed by atoms with E-state index in [-0.39, 0.29) is 17.2 Å². The van der Waals surface area contributed by atoms with Gasteiger partial charge < -0.3 is 5.32 Å². The van der Waals surface area contributed by atoms with Crippen molar-refractivity contribution in [3.63, 3.8) is 0 Å². The summed E-state index contributed by atoms with van der Waals surface area (Å²) in [5.41, 5.74) is 2.08. The van der Waals surface area contributed by atoms with Crippen LogP contribution in [0.2, 0.25) is 0 Å². The minimum atomic E-state index is -0.387. The molecule has 2 heterocycles. The van der Waals surface area contributed by atoms with Crippen molar-refractivity contribution >= 4 is 22.9 Å². The molecule has 0 aliphatic rings. The average molecular weight is 374 g/mol. The van der Waals surface area contributed by atoms with Gasteiger partial charge in [-0.3, -0.25) is 9.59 Å². The number of carbonyl (C=O) groups is 1. The molecule has 27 heavy (non-hydrogen) atoms. The lowest BCUT2D eigenvalue weighted by Crippen LogP contribution is -2.24. The van der Waals surface area contributed by atoms with Crippen molar-refractivity contribution in [3.8, 4) is 16.3 Å². The molecule has 0 fully saturated rings. The number of amides is 1. The first kappa shape index (κ1) is 16.9. The van der Waals surface area contributed by atoms with E-state index >= 15 is 0 Å². The first-order valence-electron chi connectivity index (χ1n) is 8.18. The molecule has 0 spiro atoms. The summed E-state index contributed by atoms with van der Waals surface area (Å²) in [7, 11) is 0. The Kier molecular flexibility index (Phi) is 4.59. The van der Waals surface area contributed by atoms with E-state index < -0.39 is 0 Å². The predicted octanol–water partition coefficient (Wildman–Crippen LogP) is 3.61. The highest BCUT2D eigenvalue weighted by atomic mass is 32.1. The van der Waals surface area contributed by atoms with E-state index in [9.17, 15) is 9.59 Å². The maximum Gasteiger partial charge on any atom is 0.276 e. The molecular formula is C20H14N4O2S. The van der Waals surface area contributed by atoms with Crippen molar-refractivity contribution in [2.45, 2.75) is 0 Å². The zero-order valence-corrected chi connectivity index (χ0v) is 14.9. The lowest BCUT2D eigenvalue weighted by molar-refractivity contribution is 0.102. The van der Waals surface area contributed by atoms with Gasteiger partial charge in [-0.2, -0.15) is 9.78 Å². The highest BCUT2D eigenvalue weighted by Crippen LogP contribution is 2.23. The molecule has 2 aromatic heterocycles. The van der Waals surface area contributed by atoms with Crippen LogP contribution >= 0.6 is 11.3 Å². The van der Waals surface area contributed by atoms with Crippen LogP contribution in [0.25, 0.3) is 16.3 Å². The van der Waals surface area contributed by atoms with Gasteiger partial charge in [0.25, 0.3) is 11.5 Å². The molecule has 1 N–H and O–H groups in total. The lowest BCUT2D eigenvalue weighted by atomic mass is 10.2. The van der Waals surface area contributed by atoms with Gasteiger partial charge in [-0.1, -0.05) is 18.2 Å². The summed E-state index contributed by atoms with van der Waals surface area (Å²) < 4.78 is 1.21. The Balaban J connectivity index is 1.56. The van der Waals surface area contributed by atoms with E-state index in [0.29, 0.717) is 11.4 Å². The van der Waals surface area contributed by atoms with E-state index in [1.54, 1.807) is 41.8 Å². The summed E-state index contributed by atoms with van der Waals surface area (Å²) in [5, 5.41) is 9.81. The van der Waals surface area contributed by atoms with Crippen LogP contribution in [-0.2, 0) is 0 Å². The van der Waals surface area contributed by atoms with E-state index in [2.05, 4.69) is 15.4 Å². The molecule has 0 atom stereocenters. The third-order valence-electron chi connectivity index (χ3n) is 3.86. The fraction of sp³-hybridized carbons (Fsp3) is 0. The monoisotopic (exact) mass is 374 g/mol. The van der Waals surface area contributed by atoms with E-state index in [4.69, 9.17) is 0 Å². The highest BCUT2D eigenvalue weighted by molar-refractivity contribution is 7.13. The minimum Gasteiger partial charge on any atom is -0.321 e. The number of nitrogens with zero attached hydrogens (tertiary/aromatic N) is 3. The van der Waals surface area contributed by atoms with Gasteiger partial charge in [0.05, 0.1) is 5.69 Å². The molecule has 6 nitrogen and oxygen atoms in total. The summed E-state index contributed by atoms with van der Waals surface area (Å²) >= 11 is 1.55. The third kappa shape index (κ3) is 3.68. The van der Waals surface area contributed by atoms with E-state index in [1.807, 2.05) is 35.7 Å². The van der Waals surface area contributed by atoms with Gasteiger partial charge in [-0.25, -0.2) is 4.98 Å². The molecule has 0 bridgehead atoms. The molecule has 0 aliphatic carbocycles. The first-order valence-corrected chi connectivity index (χ1v) is 9.06. The van der Waals surface area contributed by atoms with Crippen molar-refractivity contribution in [1.29, 1.82) is 0 Å². The van der Waals surface area contributed by atoms with Crippen molar-refractivity contribution < 1.29 is 4.79 Å². The number of aromatic nitrogens is 3. The quantitative estimate of drug-likeness (QED) is 0.592. The molecule has 0 radical (unpaired) electrons. The molecule has 4 aromatic rings. The van der Waals surface area contributed by atoms with Crippen LogP contribution in [0.3, 0.4) is 0 Å². The van der Waals surface area contributed by atoms with Gasteiger partial charge in [0.15, 0.2) is 0 Å². The predicted molar refractivity (Wildman–Crippen MR) is 105 cm³/mol. The number of para-hydroxylation sites is 1. The van der Waals surface area contributed by atoms with Crippen LogP contribution < -0.4 is 10.9 Å². The number of rotatable bonds is 4. The van der Waals surface area contributed by atoms with Gasteiger partial charge in [0.2, 0.25) is 0 Å². The Bertz CT molecular complexity index is 1120. The Morgan fingerprint density at radius 1 is 0.963 bits per heavy atom. The number of anilines is 1. The Labute approximate surface area is 158 Å². The molecule has 0 unspecified atom stereocenters. The molecule has 1 amide bonds.